The number of likely N-dealkylation sites (tertiary alicyclic amines) is 1. The van der Waals surface area contributed by atoms with Crippen LogP contribution in [-0.4, -0.2) is 72.5 Å². The molecule has 11 heteroatoms. The van der Waals surface area contributed by atoms with Gasteiger partial charge in [-0.2, -0.15) is 4.98 Å². The molecular formula is C27H28Cl2N6O3. The first kappa shape index (κ1) is 25.3. The highest BCUT2D eigenvalue weighted by atomic mass is 35.5. The second-order valence-corrected chi connectivity index (χ2v) is 11.0. The predicted octanol–water partition coefficient (Wildman–Crippen LogP) is 4.62. The lowest BCUT2D eigenvalue weighted by Gasteiger charge is -2.35. The fourth-order valence-corrected chi connectivity index (χ4v) is 4.96. The number of β-amino-alcohol motifs (C(OH)–C–C–N with tert-alkyl or cyclic N) is 1. The number of aliphatic hydroxyl groups is 1. The van der Waals surface area contributed by atoms with Crippen molar-refractivity contribution in [2.24, 2.45) is 0 Å². The molecule has 38 heavy (non-hydrogen) atoms. The third-order valence-electron chi connectivity index (χ3n) is 6.90. The number of aromatic nitrogens is 5. The van der Waals surface area contributed by atoms with E-state index in [0.29, 0.717) is 51.8 Å². The molecule has 3 aromatic heterocycles. The van der Waals surface area contributed by atoms with E-state index in [4.69, 9.17) is 37.7 Å². The van der Waals surface area contributed by atoms with Gasteiger partial charge in [0, 0.05) is 36.4 Å². The Balaban J connectivity index is 1.30. The summed E-state index contributed by atoms with van der Waals surface area (Å²) in [6.45, 7) is 5.40. The summed E-state index contributed by atoms with van der Waals surface area (Å²) in [6, 6.07) is 9.16. The van der Waals surface area contributed by atoms with Crippen LogP contribution >= 0.6 is 23.2 Å². The SMILES string of the molecule is CC1(Oc2ncnc3c2nc(-c2ccc(OCCCN4CC(O)C4)cc2Cl)n3Cc2cc(Cl)ccn2)CC1. The maximum Gasteiger partial charge on any atom is 0.245 e. The van der Waals surface area contributed by atoms with Gasteiger partial charge in [0.2, 0.25) is 5.88 Å². The van der Waals surface area contributed by atoms with E-state index >= 15 is 0 Å². The third kappa shape index (κ3) is 5.42. The van der Waals surface area contributed by atoms with Crippen molar-refractivity contribution < 1.29 is 14.6 Å². The fourth-order valence-electron chi connectivity index (χ4n) is 4.52. The number of ether oxygens (including phenoxy) is 2. The number of hydrogen-bond donors (Lipinski definition) is 1. The molecule has 6 rings (SSSR count). The van der Waals surface area contributed by atoms with Gasteiger partial charge < -0.3 is 19.1 Å². The van der Waals surface area contributed by atoms with E-state index in [1.54, 1.807) is 18.3 Å². The summed E-state index contributed by atoms with van der Waals surface area (Å²) in [4.78, 5) is 20.5. The number of benzene rings is 1. The lowest BCUT2D eigenvalue weighted by atomic mass is 10.1. The van der Waals surface area contributed by atoms with Gasteiger partial charge in [-0.1, -0.05) is 23.2 Å². The van der Waals surface area contributed by atoms with Crippen LogP contribution in [0.1, 0.15) is 31.9 Å². The van der Waals surface area contributed by atoms with Crippen molar-refractivity contribution in [1.82, 2.24) is 29.4 Å². The molecule has 0 atom stereocenters. The van der Waals surface area contributed by atoms with Crippen LogP contribution in [0.3, 0.4) is 0 Å². The molecule has 4 aromatic rings. The molecule has 1 saturated carbocycles. The molecule has 1 N–H and O–H groups in total. The molecule has 9 nitrogen and oxygen atoms in total. The lowest BCUT2D eigenvalue weighted by molar-refractivity contribution is 0.0000477. The van der Waals surface area contributed by atoms with Gasteiger partial charge in [0.25, 0.3) is 0 Å². The topological polar surface area (TPSA) is 98.4 Å². The van der Waals surface area contributed by atoms with Gasteiger partial charge in [0.1, 0.15) is 23.5 Å². The maximum atomic E-state index is 9.41. The quantitative estimate of drug-likeness (QED) is 0.283. The first-order valence-electron chi connectivity index (χ1n) is 12.7. The number of rotatable bonds is 10. The van der Waals surface area contributed by atoms with Crippen molar-refractivity contribution in [1.29, 1.82) is 0 Å². The first-order chi connectivity index (χ1) is 18.4. The summed E-state index contributed by atoms with van der Waals surface area (Å²) in [6.07, 6.45) is 5.81. The number of hydrogen-bond acceptors (Lipinski definition) is 8. The molecule has 0 amide bonds. The standard InChI is InChI=1S/C27H28Cl2N6O3/c1-27(6-7-27)38-26-23-25(31-16-32-26)35(13-18-11-17(28)5-8-30-18)24(33-23)21-4-3-20(12-22(21)29)37-10-2-9-34-14-19(36)15-34/h3-5,8,11-12,16,19,36H,2,6-7,9-10,13-15H2,1H3. The Bertz CT molecular complexity index is 1470. The molecule has 4 heterocycles. The average Bonchev–Trinajstić information content (AvgIpc) is 3.49. The van der Waals surface area contributed by atoms with Crippen molar-refractivity contribution in [2.75, 3.05) is 26.2 Å². The summed E-state index contributed by atoms with van der Waals surface area (Å²) in [5, 5.41) is 10.5. The van der Waals surface area contributed by atoms with Crippen LogP contribution in [0.5, 0.6) is 11.6 Å². The van der Waals surface area contributed by atoms with Crippen molar-refractivity contribution >= 4 is 34.4 Å². The summed E-state index contributed by atoms with van der Waals surface area (Å²) >= 11 is 13.0. The van der Waals surface area contributed by atoms with E-state index in [9.17, 15) is 5.11 Å². The normalized spacial score (nSPS) is 16.9. The summed E-state index contributed by atoms with van der Waals surface area (Å²) in [5.74, 6) is 1.77. The van der Waals surface area contributed by atoms with Gasteiger partial charge in [0.05, 0.1) is 30.0 Å². The molecule has 1 aliphatic carbocycles. The average molecular weight is 555 g/mol. The van der Waals surface area contributed by atoms with Gasteiger partial charge in [-0.05, 0) is 56.5 Å². The Labute approximate surface area is 230 Å². The lowest BCUT2D eigenvalue weighted by Crippen LogP contribution is -2.50. The first-order valence-corrected chi connectivity index (χ1v) is 13.5. The third-order valence-corrected chi connectivity index (χ3v) is 7.45. The number of fused-ring (bicyclic) bond motifs is 1. The second kappa shape index (κ2) is 10.3. The summed E-state index contributed by atoms with van der Waals surface area (Å²) in [5.41, 5.74) is 2.48. The van der Waals surface area contributed by atoms with Crippen LogP contribution in [0.2, 0.25) is 10.0 Å². The molecule has 198 valence electrons. The minimum absolute atomic E-state index is 0.188. The molecular weight excluding hydrogens is 527 g/mol. The Hall–Kier alpha value is -2.98. The van der Waals surface area contributed by atoms with E-state index in [1.807, 2.05) is 22.8 Å². The minimum Gasteiger partial charge on any atom is -0.493 e. The van der Waals surface area contributed by atoms with E-state index in [1.165, 1.54) is 6.33 Å². The Kier molecular flexibility index (Phi) is 6.86. The summed E-state index contributed by atoms with van der Waals surface area (Å²) < 4.78 is 14.1. The van der Waals surface area contributed by atoms with Crippen molar-refractivity contribution in [3.63, 3.8) is 0 Å². The van der Waals surface area contributed by atoms with Crippen molar-refractivity contribution in [3.8, 4) is 23.0 Å². The smallest absolute Gasteiger partial charge is 0.245 e. The highest BCUT2D eigenvalue weighted by Gasteiger charge is 2.41. The molecule has 1 aliphatic heterocycles. The predicted molar refractivity (Wildman–Crippen MR) is 145 cm³/mol. The molecule has 0 bridgehead atoms. The zero-order valence-corrected chi connectivity index (χ0v) is 22.5. The highest BCUT2D eigenvalue weighted by molar-refractivity contribution is 6.33. The zero-order valence-electron chi connectivity index (χ0n) is 21.0. The molecule has 1 aromatic carbocycles. The van der Waals surface area contributed by atoms with E-state index in [-0.39, 0.29) is 11.7 Å². The van der Waals surface area contributed by atoms with Crippen LogP contribution in [-0.2, 0) is 6.54 Å². The second-order valence-electron chi connectivity index (χ2n) is 10.1. The van der Waals surface area contributed by atoms with Crippen molar-refractivity contribution in [2.45, 2.75) is 44.4 Å². The van der Waals surface area contributed by atoms with Gasteiger partial charge in [-0.25, -0.2) is 9.97 Å². The number of imidazole rings is 1. The van der Waals surface area contributed by atoms with E-state index in [0.717, 1.165) is 50.2 Å². The number of nitrogens with zero attached hydrogens (tertiary/aromatic N) is 6. The molecule has 2 aliphatic rings. The largest absolute Gasteiger partial charge is 0.493 e. The van der Waals surface area contributed by atoms with Crippen LogP contribution < -0.4 is 9.47 Å². The number of halogens is 2. The van der Waals surface area contributed by atoms with Gasteiger partial charge in [0.15, 0.2) is 11.2 Å². The molecule has 0 radical (unpaired) electrons. The Morgan fingerprint density at radius 1 is 1.11 bits per heavy atom. The summed E-state index contributed by atoms with van der Waals surface area (Å²) in [7, 11) is 0. The van der Waals surface area contributed by atoms with Crippen LogP contribution in [0.15, 0.2) is 42.9 Å². The van der Waals surface area contributed by atoms with Crippen molar-refractivity contribution in [3.05, 3.63) is 58.6 Å². The van der Waals surface area contributed by atoms with Crippen LogP contribution in [0.4, 0.5) is 0 Å². The van der Waals surface area contributed by atoms with Crippen LogP contribution in [0, 0.1) is 0 Å². The molecule has 0 spiro atoms. The Morgan fingerprint density at radius 3 is 2.68 bits per heavy atom. The van der Waals surface area contributed by atoms with Gasteiger partial charge in [-0.3, -0.25) is 9.88 Å². The van der Waals surface area contributed by atoms with E-state index < -0.39 is 0 Å². The molecule has 0 unspecified atom stereocenters. The monoisotopic (exact) mass is 554 g/mol. The number of aliphatic hydroxyl groups excluding tert-OH is 1. The Morgan fingerprint density at radius 2 is 1.95 bits per heavy atom. The zero-order chi connectivity index (χ0) is 26.3. The highest BCUT2D eigenvalue weighted by Crippen LogP contribution is 2.41. The van der Waals surface area contributed by atoms with Gasteiger partial charge in [-0.15, -0.1) is 0 Å². The molecule has 1 saturated heterocycles. The van der Waals surface area contributed by atoms with E-state index in [2.05, 4.69) is 26.8 Å². The maximum absolute atomic E-state index is 9.41. The minimum atomic E-state index is -0.216. The van der Waals surface area contributed by atoms with Gasteiger partial charge >= 0.3 is 0 Å². The fraction of sp³-hybridized carbons (Fsp3) is 0.407. The molecule has 2 fully saturated rings. The van der Waals surface area contributed by atoms with Crippen LogP contribution in [0.25, 0.3) is 22.6 Å². The number of pyridine rings is 1.